The van der Waals surface area contributed by atoms with Crippen LogP contribution in [0.5, 0.6) is 0 Å². The zero-order valence-corrected chi connectivity index (χ0v) is 7.05. The summed E-state index contributed by atoms with van der Waals surface area (Å²) in [6.45, 7) is 0. The molecule has 2 saturated carbocycles. The Bertz CT molecular complexity index is 202. The molecule has 0 radical (unpaired) electrons. The van der Waals surface area contributed by atoms with E-state index in [2.05, 4.69) is 6.08 Å². The molecule has 0 N–H and O–H groups in total. The van der Waals surface area contributed by atoms with E-state index in [9.17, 15) is 0 Å². The van der Waals surface area contributed by atoms with Gasteiger partial charge in [0.25, 0.3) is 0 Å². The van der Waals surface area contributed by atoms with Gasteiger partial charge in [-0.15, -0.1) is 0 Å². The second-order valence-electron chi connectivity index (χ2n) is 4.59. The molecule has 0 aromatic heterocycles. The van der Waals surface area contributed by atoms with Gasteiger partial charge in [0.15, 0.2) is 0 Å². The fraction of sp³-hybridized carbons (Fsp3) is 0.818. The van der Waals surface area contributed by atoms with Crippen molar-refractivity contribution >= 4 is 0 Å². The first-order valence-electron chi connectivity index (χ1n) is 5.14. The number of allylic oxidation sites excluding steroid dienone is 2. The number of hydrogen-bond donors (Lipinski definition) is 0. The van der Waals surface area contributed by atoms with Crippen LogP contribution in [-0.2, 0) is 0 Å². The third-order valence-corrected chi connectivity index (χ3v) is 3.95. The van der Waals surface area contributed by atoms with E-state index >= 15 is 0 Å². The molecule has 3 rings (SSSR count). The van der Waals surface area contributed by atoms with Crippen LogP contribution < -0.4 is 0 Å². The predicted molar refractivity (Wildman–Crippen MR) is 46.3 cm³/mol. The molecule has 2 fully saturated rings. The highest BCUT2D eigenvalue weighted by atomic mass is 14.5. The highest BCUT2D eigenvalue weighted by Gasteiger charge is 2.40. The van der Waals surface area contributed by atoms with Crippen LogP contribution in [0.4, 0.5) is 0 Å². The first-order valence-corrected chi connectivity index (χ1v) is 5.14. The van der Waals surface area contributed by atoms with Gasteiger partial charge in [0, 0.05) is 0 Å². The van der Waals surface area contributed by atoms with Crippen LogP contribution >= 0.6 is 0 Å². The largest absolute Gasteiger partial charge is 0.0819 e. The molecule has 0 spiro atoms. The molecular weight excluding hydrogens is 132 g/mol. The molecule has 2 bridgehead atoms. The lowest BCUT2D eigenvalue weighted by molar-refractivity contribution is 0.410. The maximum atomic E-state index is 2.60. The summed E-state index contributed by atoms with van der Waals surface area (Å²) in [5.74, 6) is 3.18. The highest BCUT2D eigenvalue weighted by Crippen LogP contribution is 2.52. The topological polar surface area (TPSA) is 0 Å². The Labute approximate surface area is 68.7 Å². The molecule has 0 unspecified atom stereocenters. The van der Waals surface area contributed by atoms with Crippen molar-refractivity contribution in [1.29, 1.82) is 0 Å². The van der Waals surface area contributed by atoms with Crippen molar-refractivity contribution in [3.8, 4) is 0 Å². The molecule has 0 heteroatoms. The zero-order valence-electron chi connectivity index (χ0n) is 7.05. The second kappa shape index (κ2) is 2.12. The van der Waals surface area contributed by atoms with Gasteiger partial charge in [0.2, 0.25) is 0 Å². The van der Waals surface area contributed by atoms with Gasteiger partial charge >= 0.3 is 0 Å². The summed E-state index contributed by atoms with van der Waals surface area (Å²) in [5, 5.41) is 0. The normalized spacial score (nSPS) is 47.3. The molecule has 0 amide bonds. The van der Waals surface area contributed by atoms with E-state index in [-0.39, 0.29) is 0 Å². The van der Waals surface area contributed by atoms with E-state index in [0.29, 0.717) is 0 Å². The molecule has 0 heterocycles. The van der Waals surface area contributed by atoms with Crippen molar-refractivity contribution < 1.29 is 0 Å². The molecule has 3 aliphatic carbocycles. The first kappa shape index (κ1) is 6.28. The monoisotopic (exact) mass is 148 g/mol. The van der Waals surface area contributed by atoms with Crippen LogP contribution in [-0.4, -0.2) is 0 Å². The van der Waals surface area contributed by atoms with Crippen LogP contribution in [0.15, 0.2) is 11.6 Å². The van der Waals surface area contributed by atoms with Crippen molar-refractivity contribution in [2.75, 3.05) is 0 Å². The predicted octanol–water partition coefficient (Wildman–Crippen LogP) is 3.14. The van der Waals surface area contributed by atoms with Crippen LogP contribution in [0.25, 0.3) is 0 Å². The number of rotatable bonds is 0. The summed E-state index contributed by atoms with van der Waals surface area (Å²) in [4.78, 5) is 0. The Balaban J connectivity index is 1.96. The lowest BCUT2D eigenvalue weighted by atomic mass is 9.86. The average molecular weight is 148 g/mol. The van der Waals surface area contributed by atoms with E-state index in [1.54, 1.807) is 6.42 Å². The molecule has 3 atom stereocenters. The van der Waals surface area contributed by atoms with Crippen molar-refractivity contribution in [3.05, 3.63) is 11.6 Å². The fourth-order valence-electron chi connectivity index (χ4n) is 3.51. The third kappa shape index (κ3) is 0.816. The molecule has 0 aromatic rings. The zero-order chi connectivity index (χ0) is 7.26. The minimum Gasteiger partial charge on any atom is -0.0819 e. The molecule has 0 saturated heterocycles. The minimum atomic E-state index is 1.01. The molecule has 0 aliphatic heterocycles. The van der Waals surface area contributed by atoms with Crippen molar-refractivity contribution in [1.82, 2.24) is 0 Å². The van der Waals surface area contributed by atoms with Gasteiger partial charge in [-0.3, -0.25) is 0 Å². The Morgan fingerprint density at radius 1 is 1.18 bits per heavy atom. The number of hydrogen-bond acceptors (Lipinski definition) is 0. The Morgan fingerprint density at radius 2 is 2.18 bits per heavy atom. The lowest BCUT2D eigenvalue weighted by Crippen LogP contribution is -2.08. The summed E-state index contributed by atoms with van der Waals surface area (Å²) < 4.78 is 0. The van der Waals surface area contributed by atoms with Gasteiger partial charge in [-0.2, -0.15) is 0 Å². The third-order valence-electron chi connectivity index (χ3n) is 3.95. The Hall–Kier alpha value is -0.260. The van der Waals surface area contributed by atoms with Gasteiger partial charge in [0.05, 0.1) is 0 Å². The van der Waals surface area contributed by atoms with E-state index < -0.39 is 0 Å². The highest BCUT2D eigenvalue weighted by molar-refractivity contribution is 5.22. The van der Waals surface area contributed by atoms with Crippen LogP contribution in [0, 0.1) is 17.8 Å². The molecular formula is C11H16. The molecule has 3 aliphatic rings. The maximum Gasteiger partial charge on any atom is -0.0169 e. The van der Waals surface area contributed by atoms with Gasteiger partial charge in [-0.05, 0) is 49.9 Å². The molecule has 0 nitrogen and oxygen atoms in total. The Kier molecular flexibility index (Phi) is 1.21. The molecule has 0 aromatic carbocycles. The summed E-state index contributed by atoms with van der Waals surface area (Å²) in [6.07, 6.45) is 11.6. The van der Waals surface area contributed by atoms with E-state index in [4.69, 9.17) is 0 Å². The van der Waals surface area contributed by atoms with Crippen molar-refractivity contribution in [2.45, 2.75) is 38.5 Å². The standard InChI is InChI=1S/C11H16/c1-2-4-10-6-8-5-9(3-1)11(10)7-8/h5,8,10-11H,1-4,6-7H2/t8-,10+,11+/m0/s1. The van der Waals surface area contributed by atoms with Crippen molar-refractivity contribution in [3.63, 3.8) is 0 Å². The maximum absolute atomic E-state index is 2.60. The SMILES string of the molecule is C1=C2CCCC[C@@H]3C[C@H]1C[C@H]23. The molecule has 11 heavy (non-hydrogen) atoms. The second-order valence-corrected chi connectivity index (χ2v) is 4.59. The van der Waals surface area contributed by atoms with E-state index in [1.807, 2.05) is 5.57 Å². The summed E-state index contributed by atoms with van der Waals surface area (Å²) in [7, 11) is 0. The van der Waals surface area contributed by atoms with Gasteiger partial charge in [-0.1, -0.05) is 18.1 Å². The summed E-state index contributed by atoms with van der Waals surface area (Å²) in [5.41, 5.74) is 1.85. The van der Waals surface area contributed by atoms with Gasteiger partial charge in [-0.25, -0.2) is 0 Å². The van der Waals surface area contributed by atoms with Crippen LogP contribution in [0.3, 0.4) is 0 Å². The van der Waals surface area contributed by atoms with E-state index in [0.717, 1.165) is 17.8 Å². The smallest absolute Gasteiger partial charge is 0.0169 e. The fourth-order valence-corrected chi connectivity index (χ4v) is 3.51. The van der Waals surface area contributed by atoms with Gasteiger partial charge in [0.1, 0.15) is 0 Å². The Morgan fingerprint density at radius 3 is 3.09 bits per heavy atom. The summed E-state index contributed by atoms with van der Waals surface area (Å²) in [6, 6.07) is 0. The van der Waals surface area contributed by atoms with Crippen LogP contribution in [0.1, 0.15) is 38.5 Å². The van der Waals surface area contributed by atoms with Crippen LogP contribution in [0.2, 0.25) is 0 Å². The quantitative estimate of drug-likeness (QED) is 0.463. The van der Waals surface area contributed by atoms with E-state index in [1.165, 1.54) is 32.1 Å². The van der Waals surface area contributed by atoms with Crippen molar-refractivity contribution in [2.24, 2.45) is 17.8 Å². The first-order chi connectivity index (χ1) is 5.43. The average Bonchev–Trinajstić information content (AvgIpc) is 2.55. The lowest BCUT2D eigenvalue weighted by Gasteiger charge is -2.19. The minimum absolute atomic E-state index is 1.01. The molecule has 60 valence electrons. The van der Waals surface area contributed by atoms with Gasteiger partial charge < -0.3 is 0 Å². The summed E-state index contributed by atoms with van der Waals surface area (Å²) >= 11 is 0. The number of fused-ring (bicyclic) bond motifs is 1.